The monoisotopic (exact) mass is 504 g/mol. The van der Waals surface area contributed by atoms with Gasteiger partial charge in [0.1, 0.15) is 4.32 Å². The first-order valence-corrected chi connectivity index (χ1v) is 12.0. The molecule has 1 N–H and O–H groups in total. The smallest absolute Gasteiger partial charge is 0.266 e. The second-order valence-corrected chi connectivity index (χ2v) is 9.62. The molecule has 0 aromatic heterocycles. The highest BCUT2D eigenvalue weighted by molar-refractivity contribution is 8.26. The van der Waals surface area contributed by atoms with Crippen molar-refractivity contribution in [1.82, 2.24) is 4.90 Å². The van der Waals surface area contributed by atoms with Gasteiger partial charge in [-0.25, -0.2) is 0 Å². The van der Waals surface area contributed by atoms with Gasteiger partial charge in [-0.1, -0.05) is 47.7 Å². The van der Waals surface area contributed by atoms with Crippen molar-refractivity contribution in [2.75, 3.05) is 18.5 Å². The topological polar surface area (TPSA) is 67.9 Å². The molecule has 2 amide bonds. The van der Waals surface area contributed by atoms with Crippen molar-refractivity contribution < 1.29 is 19.1 Å². The molecule has 33 heavy (non-hydrogen) atoms. The van der Waals surface area contributed by atoms with E-state index in [1.54, 1.807) is 47.4 Å². The van der Waals surface area contributed by atoms with Crippen LogP contribution in [0.4, 0.5) is 5.69 Å². The molecule has 1 aliphatic rings. The molecule has 0 saturated carbocycles. The van der Waals surface area contributed by atoms with Gasteiger partial charge in [0.25, 0.3) is 11.8 Å². The van der Waals surface area contributed by atoms with E-state index >= 15 is 0 Å². The van der Waals surface area contributed by atoms with Crippen LogP contribution in [0.2, 0.25) is 5.02 Å². The summed E-state index contributed by atoms with van der Waals surface area (Å²) in [5.41, 5.74) is 2.19. The summed E-state index contributed by atoms with van der Waals surface area (Å²) in [4.78, 5) is 27.2. The number of carbonyl (C=O) groups excluding carboxylic acids is 2. The third kappa shape index (κ3) is 6.07. The number of anilines is 1. The van der Waals surface area contributed by atoms with Gasteiger partial charge in [0.2, 0.25) is 0 Å². The molecule has 9 heteroatoms. The van der Waals surface area contributed by atoms with Crippen LogP contribution < -0.4 is 14.8 Å². The minimum absolute atomic E-state index is 0.00000676. The number of nitrogens with zero attached hydrogens (tertiary/aromatic N) is 1. The molecule has 1 saturated heterocycles. The minimum atomic E-state index is -0.316. The Morgan fingerprint density at radius 1 is 1.24 bits per heavy atom. The number of carbonyl (C=O) groups is 2. The molecule has 1 heterocycles. The Labute approximate surface area is 208 Å². The van der Waals surface area contributed by atoms with Crippen molar-refractivity contribution in [3.63, 3.8) is 0 Å². The van der Waals surface area contributed by atoms with Crippen LogP contribution in [-0.2, 0) is 9.59 Å². The summed E-state index contributed by atoms with van der Waals surface area (Å²) in [6.07, 6.45) is 1.78. The first-order chi connectivity index (χ1) is 15.7. The summed E-state index contributed by atoms with van der Waals surface area (Å²) in [6.45, 7) is 7.77. The number of benzene rings is 2. The lowest BCUT2D eigenvalue weighted by Crippen LogP contribution is -2.34. The van der Waals surface area contributed by atoms with Crippen LogP contribution >= 0.6 is 35.6 Å². The Kier molecular flexibility index (Phi) is 8.40. The molecule has 0 atom stereocenters. The highest BCUT2D eigenvalue weighted by Crippen LogP contribution is 2.35. The second kappa shape index (κ2) is 11.0. The van der Waals surface area contributed by atoms with E-state index in [2.05, 4.69) is 5.32 Å². The van der Waals surface area contributed by atoms with E-state index in [0.717, 1.165) is 11.1 Å². The molecule has 6 nitrogen and oxygen atoms in total. The number of nitrogens with one attached hydrogen (secondary N) is 1. The number of amides is 2. The molecule has 0 aliphatic carbocycles. The van der Waals surface area contributed by atoms with Gasteiger partial charge in [0, 0.05) is 16.8 Å². The van der Waals surface area contributed by atoms with E-state index in [4.69, 9.17) is 33.3 Å². The second-order valence-electron chi connectivity index (χ2n) is 7.53. The third-order valence-electron chi connectivity index (χ3n) is 4.81. The van der Waals surface area contributed by atoms with Gasteiger partial charge in [-0.05, 0) is 69.2 Å². The minimum Gasteiger partial charge on any atom is -0.490 e. The fourth-order valence-corrected chi connectivity index (χ4v) is 4.85. The average Bonchev–Trinajstić information content (AvgIpc) is 3.04. The predicted octanol–water partition coefficient (Wildman–Crippen LogP) is 5.67. The quantitative estimate of drug-likeness (QED) is 0.369. The molecule has 0 spiro atoms. The van der Waals surface area contributed by atoms with Crippen molar-refractivity contribution >= 4 is 63.5 Å². The molecule has 0 bridgehead atoms. The summed E-state index contributed by atoms with van der Waals surface area (Å²) < 4.78 is 12.0. The Balaban J connectivity index is 1.72. The largest absolute Gasteiger partial charge is 0.490 e. The van der Waals surface area contributed by atoms with E-state index in [0.29, 0.717) is 38.0 Å². The zero-order chi connectivity index (χ0) is 24.1. The number of ether oxygens (including phenoxy) is 2. The molecule has 0 unspecified atom stereocenters. The number of thioether (sulfide) groups is 1. The number of rotatable bonds is 8. The molecule has 174 valence electrons. The van der Waals surface area contributed by atoms with Crippen LogP contribution in [0.5, 0.6) is 11.5 Å². The maximum Gasteiger partial charge on any atom is 0.266 e. The van der Waals surface area contributed by atoms with Crippen molar-refractivity contribution in [2.45, 2.75) is 33.7 Å². The van der Waals surface area contributed by atoms with Gasteiger partial charge in [0.05, 0.1) is 11.5 Å². The standard InChI is InChI=1S/C24H25ClN2O4S2/c1-5-30-20-11-16(12-21-23(29)27(14(2)3)24(32)33-21)9-10-19(20)31-13-22(28)26-18-8-6-7-17(25)15(18)4/h6-12,14H,5,13H2,1-4H3,(H,26,28)/b21-12-. The van der Waals surface area contributed by atoms with Gasteiger partial charge in [-0.3, -0.25) is 14.5 Å². The van der Waals surface area contributed by atoms with Crippen molar-refractivity contribution in [2.24, 2.45) is 0 Å². The summed E-state index contributed by atoms with van der Waals surface area (Å²) in [7, 11) is 0. The maximum atomic E-state index is 12.7. The number of halogens is 1. The maximum absolute atomic E-state index is 12.7. The molecular formula is C24H25ClN2O4S2. The molecule has 2 aromatic carbocycles. The molecule has 2 aromatic rings. The van der Waals surface area contributed by atoms with E-state index in [-0.39, 0.29) is 24.5 Å². The molecular weight excluding hydrogens is 480 g/mol. The lowest BCUT2D eigenvalue weighted by atomic mass is 10.1. The SMILES string of the molecule is CCOc1cc(/C=C2\SC(=S)N(C(C)C)C2=O)ccc1OCC(=O)Nc1cccc(Cl)c1C. The molecule has 1 aliphatic heterocycles. The number of hydrogen-bond acceptors (Lipinski definition) is 6. The number of hydrogen-bond donors (Lipinski definition) is 1. The van der Waals surface area contributed by atoms with Crippen LogP contribution in [0.3, 0.4) is 0 Å². The Bertz CT molecular complexity index is 1120. The highest BCUT2D eigenvalue weighted by atomic mass is 35.5. The Morgan fingerprint density at radius 2 is 2.00 bits per heavy atom. The first kappa shape index (κ1) is 25.1. The summed E-state index contributed by atoms with van der Waals surface area (Å²) in [5.74, 6) is 0.495. The predicted molar refractivity (Wildman–Crippen MR) is 138 cm³/mol. The van der Waals surface area contributed by atoms with Crippen LogP contribution in [0, 0.1) is 6.92 Å². The van der Waals surface area contributed by atoms with Crippen LogP contribution in [-0.4, -0.2) is 40.3 Å². The van der Waals surface area contributed by atoms with E-state index in [1.165, 1.54) is 11.8 Å². The van der Waals surface area contributed by atoms with Gasteiger partial charge in [-0.2, -0.15) is 0 Å². The van der Waals surface area contributed by atoms with Gasteiger partial charge >= 0.3 is 0 Å². The van der Waals surface area contributed by atoms with Crippen LogP contribution in [0.15, 0.2) is 41.3 Å². The zero-order valence-corrected chi connectivity index (χ0v) is 21.2. The molecule has 3 rings (SSSR count). The molecule has 1 fully saturated rings. The van der Waals surface area contributed by atoms with Crippen molar-refractivity contribution in [3.05, 3.63) is 57.5 Å². The lowest BCUT2D eigenvalue weighted by molar-refractivity contribution is -0.123. The summed E-state index contributed by atoms with van der Waals surface area (Å²) >= 11 is 12.7. The first-order valence-electron chi connectivity index (χ1n) is 10.4. The summed E-state index contributed by atoms with van der Waals surface area (Å²) in [6, 6.07) is 10.6. The Morgan fingerprint density at radius 3 is 2.67 bits per heavy atom. The van der Waals surface area contributed by atoms with E-state index < -0.39 is 0 Å². The van der Waals surface area contributed by atoms with Crippen LogP contribution in [0.25, 0.3) is 6.08 Å². The van der Waals surface area contributed by atoms with Gasteiger partial charge in [-0.15, -0.1) is 0 Å². The summed E-state index contributed by atoms with van der Waals surface area (Å²) in [5, 5.41) is 3.38. The van der Waals surface area contributed by atoms with Gasteiger partial charge < -0.3 is 14.8 Å². The van der Waals surface area contributed by atoms with E-state index in [1.807, 2.05) is 27.7 Å². The third-order valence-corrected chi connectivity index (χ3v) is 6.55. The lowest BCUT2D eigenvalue weighted by Gasteiger charge is -2.18. The highest BCUT2D eigenvalue weighted by Gasteiger charge is 2.33. The van der Waals surface area contributed by atoms with Crippen molar-refractivity contribution in [1.29, 1.82) is 0 Å². The van der Waals surface area contributed by atoms with E-state index in [9.17, 15) is 9.59 Å². The zero-order valence-electron chi connectivity index (χ0n) is 18.8. The fraction of sp³-hybridized carbons (Fsp3) is 0.292. The fourth-order valence-electron chi connectivity index (χ4n) is 3.15. The van der Waals surface area contributed by atoms with Crippen molar-refractivity contribution in [3.8, 4) is 11.5 Å². The van der Waals surface area contributed by atoms with Crippen LogP contribution in [0.1, 0.15) is 31.9 Å². The average molecular weight is 505 g/mol. The Hall–Kier alpha value is -2.55. The number of thiocarbonyl (C=S) groups is 1. The normalized spacial score (nSPS) is 14.8. The van der Waals surface area contributed by atoms with Gasteiger partial charge in [0.15, 0.2) is 18.1 Å². The molecule has 0 radical (unpaired) electrons.